The minimum atomic E-state index is -0.525. The molecule has 0 fully saturated rings. The average molecular weight is 222 g/mol. The van der Waals surface area contributed by atoms with Crippen LogP contribution in [0.1, 0.15) is 10.5 Å². The van der Waals surface area contributed by atoms with Gasteiger partial charge in [0.05, 0.1) is 5.69 Å². The predicted molar refractivity (Wildman–Crippen MR) is 57.6 cm³/mol. The van der Waals surface area contributed by atoms with Gasteiger partial charge >= 0.3 is 0 Å². The van der Waals surface area contributed by atoms with E-state index >= 15 is 0 Å². The van der Waals surface area contributed by atoms with E-state index in [4.69, 9.17) is 17.3 Å². The molecule has 1 aromatic carbocycles. The molecule has 0 saturated carbocycles. The second-order valence-corrected chi connectivity index (χ2v) is 3.47. The smallest absolute Gasteiger partial charge is 0.266 e. The van der Waals surface area contributed by atoms with E-state index < -0.39 is 5.91 Å². The van der Waals surface area contributed by atoms with Crippen LogP contribution in [0.4, 0.5) is 0 Å². The molecule has 4 nitrogen and oxygen atoms in total. The number of nitrogens with one attached hydrogen (secondary N) is 1. The summed E-state index contributed by atoms with van der Waals surface area (Å²) in [4.78, 5) is 10.8. The predicted octanol–water partition coefficient (Wildman–Crippen LogP) is 1.83. The monoisotopic (exact) mass is 221 g/mol. The van der Waals surface area contributed by atoms with Crippen molar-refractivity contribution in [2.45, 2.75) is 0 Å². The number of primary amides is 1. The lowest BCUT2D eigenvalue weighted by Crippen LogP contribution is -2.10. The second-order valence-electron chi connectivity index (χ2n) is 3.04. The molecule has 1 amide bonds. The van der Waals surface area contributed by atoms with Gasteiger partial charge in [-0.1, -0.05) is 23.7 Å². The van der Waals surface area contributed by atoms with Gasteiger partial charge in [0.25, 0.3) is 5.91 Å². The van der Waals surface area contributed by atoms with Crippen molar-refractivity contribution >= 4 is 17.5 Å². The normalized spacial score (nSPS) is 10.2. The molecule has 15 heavy (non-hydrogen) atoms. The van der Waals surface area contributed by atoms with Crippen LogP contribution in [0.2, 0.25) is 5.02 Å². The number of aromatic amines is 1. The average Bonchev–Trinajstić information content (AvgIpc) is 2.68. The first kappa shape index (κ1) is 9.73. The van der Waals surface area contributed by atoms with Gasteiger partial charge in [0.2, 0.25) is 0 Å². The molecular formula is C10H8ClN3O. The molecule has 2 rings (SSSR count). The van der Waals surface area contributed by atoms with E-state index in [-0.39, 0.29) is 0 Å². The number of H-pyrrole nitrogens is 1. The van der Waals surface area contributed by atoms with Crippen molar-refractivity contribution in [3.8, 4) is 11.3 Å². The summed E-state index contributed by atoms with van der Waals surface area (Å²) in [6, 6.07) is 8.77. The highest BCUT2D eigenvalue weighted by atomic mass is 35.5. The number of halogens is 1. The number of hydrogen-bond donors (Lipinski definition) is 2. The molecule has 1 aromatic heterocycles. The Bertz CT molecular complexity index is 490. The lowest BCUT2D eigenvalue weighted by Gasteiger charge is -1.94. The fourth-order valence-corrected chi connectivity index (χ4v) is 1.34. The zero-order valence-corrected chi connectivity index (χ0v) is 8.45. The number of benzene rings is 1. The van der Waals surface area contributed by atoms with E-state index in [0.717, 1.165) is 5.56 Å². The van der Waals surface area contributed by atoms with E-state index in [0.29, 0.717) is 16.4 Å². The molecule has 3 N–H and O–H groups in total. The largest absolute Gasteiger partial charge is 0.364 e. The molecule has 0 saturated heterocycles. The quantitative estimate of drug-likeness (QED) is 0.812. The molecule has 0 unspecified atom stereocenters. The highest BCUT2D eigenvalue weighted by Gasteiger charge is 2.07. The first-order valence-electron chi connectivity index (χ1n) is 4.28. The fourth-order valence-electron chi connectivity index (χ4n) is 1.22. The highest BCUT2D eigenvalue weighted by Crippen LogP contribution is 2.19. The van der Waals surface area contributed by atoms with Crippen LogP contribution >= 0.6 is 11.6 Å². The molecule has 0 aliphatic heterocycles. The molecule has 0 radical (unpaired) electrons. The number of amides is 1. The fraction of sp³-hybridized carbons (Fsp3) is 0. The molecular weight excluding hydrogens is 214 g/mol. The summed E-state index contributed by atoms with van der Waals surface area (Å²) in [5, 5.41) is 7.19. The van der Waals surface area contributed by atoms with Gasteiger partial charge in [-0.15, -0.1) is 0 Å². The summed E-state index contributed by atoms with van der Waals surface area (Å²) in [5.74, 6) is -0.525. The van der Waals surface area contributed by atoms with Crippen LogP contribution in [0, 0.1) is 0 Å². The lowest BCUT2D eigenvalue weighted by atomic mass is 10.1. The van der Waals surface area contributed by atoms with Gasteiger partial charge in [-0.05, 0) is 18.2 Å². The minimum Gasteiger partial charge on any atom is -0.364 e. The van der Waals surface area contributed by atoms with Gasteiger partial charge in [-0.2, -0.15) is 5.10 Å². The number of hydrogen-bond acceptors (Lipinski definition) is 2. The van der Waals surface area contributed by atoms with Crippen molar-refractivity contribution < 1.29 is 4.79 Å². The van der Waals surface area contributed by atoms with Crippen molar-refractivity contribution in [1.29, 1.82) is 0 Å². The van der Waals surface area contributed by atoms with Gasteiger partial charge in [0.15, 0.2) is 0 Å². The number of rotatable bonds is 2. The Morgan fingerprint density at radius 2 is 2.00 bits per heavy atom. The lowest BCUT2D eigenvalue weighted by molar-refractivity contribution is 0.0995. The SMILES string of the molecule is NC(=O)c1cc(-c2ccc(Cl)cc2)n[nH]1. The Kier molecular flexibility index (Phi) is 2.43. The first-order chi connectivity index (χ1) is 7.16. The Morgan fingerprint density at radius 1 is 1.33 bits per heavy atom. The molecule has 0 aliphatic carbocycles. The van der Waals surface area contributed by atoms with Gasteiger partial charge in [0, 0.05) is 10.6 Å². The number of carbonyl (C=O) groups is 1. The molecule has 5 heteroatoms. The van der Waals surface area contributed by atoms with Gasteiger partial charge in [0.1, 0.15) is 5.69 Å². The third-order valence-electron chi connectivity index (χ3n) is 1.98. The van der Waals surface area contributed by atoms with Crippen molar-refractivity contribution in [2.24, 2.45) is 5.73 Å². The molecule has 1 heterocycles. The van der Waals surface area contributed by atoms with Crippen LogP contribution in [0.15, 0.2) is 30.3 Å². The molecule has 0 atom stereocenters. The Morgan fingerprint density at radius 3 is 2.53 bits per heavy atom. The standard InChI is InChI=1S/C10H8ClN3O/c11-7-3-1-6(2-4-7)8-5-9(10(12)15)14-13-8/h1-5H,(H2,12,15)(H,13,14). The van der Waals surface area contributed by atoms with Crippen LogP contribution in [-0.2, 0) is 0 Å². The first-order valence-corrected chi connectivity index (χ1v) is 4.66. The summed E-state index contributed by atoms with van der Waals surface area (Å²) in [6.45, 7) is 0. The Hall–Kier alpha value is -1.81. The minimum absolute atomic E-state index is 0.292. The highest BCUT2D eigenvalue weighted by molar-refractivity contribution is 6.30. The van der Waals surface area contributed by atoms with Gasteiger partial charge < -0.3 is 5.73 Å². The van der Waals surface area contributed by atoms with E-state index in [1.807, 2.05) is 12.1 Å². The number of carbonyl (C=O) groups excluding carboxylic acids is 1. The van der Waals surface area contributed by atoms with Crippen molar-refractivity contribution in [3.05, 3.63) is 41.0 Å². The zero-order chi connectivity index (χ0) is 10.8. The topological polar surface area (TPSA) is 71.8 Å². The van der Waals surface area contributed by atoms with Crippen LogP contribution in [0.3, 0.4) is 0 Å². The maximum Gasteiger partial charge on any atom is 0.266 e. The third kappa shape index (κ3) is 1.99. The molecule has 0 spiro atoms. The maximum absolute atomic E-state index is 10.8. The van der Waals surface area contributed by atoms with Gasteiger partial charge in [-0.3, -0.25) is 9.89 Å². The van der Waals surface area contributed by atoms with Crippen LogP contribution in [0.5, 0.6) is 0 Å². The summed E-state index contributed by atoms with van der Waals surface area (Å²) < 4.78 is 0. The van der Waals surface area contributed by atoms with Crippen molar-refractivity contribution in [2.75, 3.05) is 0 Å². The number of aromatic nitrogens is 2. The van der Waals surface area contributed by atoms with Crippen LogP contribution < -0.4 is 5.73 Å². The molecule has 2 aromatic rings. The molecule has 76 valence electrons. The van der Waals surface area contributed by atoms with Crippen molar-refractivity contribution in [1.82, 2.24) is 10.2 Å². The molecule has 0 aliphatic rings. The van der Waals surface area contributed by atoms with E-state index in [2.05, 4.69) is 10.2 Å². The van der Waals surface area contributed by atoms with E-state index in [1.165, 1.54) is 0 Å². The summed E-state index contributed by atoms with van der Waals surface area (Å²) in [6.07, 6.45) is 0. The van der Waals surface area contributed by atoms with Crippen LogP contribution in [-0.4, -0.2) is 16.1 Å². The summed E-state index contributed by atoms with van der Waals surface area (Å²) >= 11 is 5.75. The number of nitrogens with two attached hydrogens (primary N) is 1. The summed E-state index contributed by atoms with van der Waals surface area (Å²) in [7, 11) is 0. The Balaban J connectivity index is 2.37. The third-order valence-corrected chi connectivity index (χ3v) is 2.24. The van der Waals surface area contributed by atoms with Crippen LogP contribution in [0.25, 0.3) is 11.3 Å². The van der Waals surface area contributed by atoms with E-state index in [9.17, 15) is 4.79 Å². The Labute approximate surface area is 91.1 Å². The molecule has 0 bridgehead atoms. The number of nitrogens with zero attached hydrogens (tertiary/aromatic N) is 1. The zero-order valence-electron chi connectivity index (χ0n) is 7.70. The van der Waals surface area contributed by atoms with Gasteiger partial charge in [-0.25, -0.2) is 0 Å². The second kappa shape index (κ2) is 3.74. The maximum atomic E-state index is 10.8. The van der Waals surface area contributed by atoms with Crippen molar-refractivity contribution in [3.63, 3.8) is 0 Å². The van der Waals surface area contributed by atoms with E-state index in [1.54, 1.807) is 18.2 Å². The summed E-state index contributed by atoms with van der Waals surface area (Å²) in [5.41, 5.74) is 6.93.